The summed E-state index contributed by atoms with van der Waals surface area (Å²) in [5, 5.41) is 15.2. The van der Waals surface area contributed by atoms with Gasteiger partial charge in [-0.25, -0.2) is 0 Å². The van der Waals surface area contributed by atoms with Crippen LogP contribution in [0.2, 0.25) is 5.02 Å². The molecule has 0 fully saturated rings. The molecule has 2 N–H and O–H groups in total. The first-order chi connectivity index (χ1) is 16.8. The van der Waals surface area contributed by atoms with Gasteiger partial charge in [0.25, 0.3) is 0 Å². The third-order valence-corrected chi connectivity index (χ3v) is 6.45. The van der Waals surface area contributed by atoms with Crippen molar-refractivity contribution in [3.8, 4) is 17.1 Å². The van der Waals surface area contributed by atoms with Gasteiger partial charge in [-0.3, -0.25) is 14.2 Å². The first kappa shape index (κ1) is 24.5. The lowest BCUT2D eigenvalue weighted by Gasteiger charge is -2.14. The van der Waals surface area contributed by atoms with E-state index in [1.165, 1.54) is 18.7 Å². The van der Waals surface area contributed by atoms with Gasteiger partial charge in [0.05, 0.1) is 5.25 Å². The highest BCUT2D eigenvalue weighted by molar-refractivity contribution is 8.00. The van der Waals surface area contributed by atoms with Gasteiger partial charge < -0.3 is 10.6 Å². The minimum Gasteiger partial charge on any atom is -0.326 e. The van der Waals surface area contributed by atoms with Gasteiger partial charge >= 0.3 is 0 Å². The van der Waals surface area contributed by atoms with E-state index in [1.807, 2.05) is 66.9 Å². The Bertz CT molecular complexity index is 1340. The molecular weight excluding hydrogens is 482 g/mol. The molecule has 2 amide bonds. The number of halogens is 1. The molecule has 0 bridgehead atoms. The first-order valence-electron chi connectivity index (χ1n) is 10.9. The Kier molecular flexibility index (Phi) is 7.53. The van der Waals surface area contributed by atoms with Crippen molar-refractivity contribution in [3.63, 3.8) is 0 Å². The molecule has 0 saturated carbocycles. The molecule has 1 aromatic heterocycles. The van der Waals surface area contributed by atoms with E-state index in [4.69, 9.17) is 11.6 Å². The number of benzene rings is 3. The third kappa shape index (κ3) is 6.09. The van der Waals surface area contributed by atoms with Crippen LogP contribution in [0.25, 0.3) is 17.1 Å². The van der Waals surface area contributed by atoms with Crippen LogP contribution < -0.4 is 10.6 Å². The quantitative estimate of drug-likeness (QED) is 0.302. The Hall–Kier alpha value is -3.62. The van der Waals surface area contributed by atoms with E-state index in [-0.39, 0.29) is 11.8 Å². The van der Waals surface area contributed by atoms with Gasteiger partial charge in [0, 0.05) is 34.6 Å². The molecule has 0 unspecified atom stereocenters. The lowest BCUT2D eigenvalue weighted by molar-refractivity contribution is -0.115. The minimum atomic E-state index is -0.448. The lowest BCUT2D eigenvalue weighted by atomic mass is 10.2. The van der Waals surface area contributed by atoms with Crippen molar-refractivity contribution in [2.75, 3.05) is 10.6 Å². The van der Waals surface area contributed by atoms with Gasteiger partial charge in [-0.05, 0) is 74.5 Å². The fraction of sp³-hybridized carbons (Fsp3) is 0.154. The molecule has 0 saturated heterocycles. The van der Waals surface area contributed by atoms with Gasteiger partial charge in [-0.15, -0.1) is 10.2 Å². The van der Waals surface area contributed by atoms with Crippen LogP contribution in [0.5, 0.6) is 0 Å². The summed E-state index contributed by atoms with van der Waals surface area (Å²) in [5.41, 5.74) is 4.21. The van der Waals surface area contributed by atoms with Gasteiger partial charge in [0.1, 0.15) is 0 Å². The number of aromatic nitrogens is 3. The number of hydrogen-bond donors (Lipinski definition) is 2. The maximum atomic E-state index is 12.9. The highest BCUT2D eigenvalue weighted by Crippen LogP contribution is 2.31. The van der Waals surface area contributed by atoms with Gasteiger partial charge in [-0.2, -0.15) is 0 Å². The number of thioether (sulfide) groups is 1. The summed E-state index contributed by atoms with van der Waals surface area (Å²) >= 11 is 7.39. The molecule has 0 radical (unpaired) electrons. The van der Waals surface area contributed by atoms with Crippen LogP contribution in [0.3, 0.4) is 0 Å². The molecule has 0 aliphatic heterocycles. The number of anilines is 2. The topological polar surface area (TPSA) is 88.9 Å². The number of carbonyl (C=O) groups excluding carboxylic acids is 2. The SMILES string of the molecule is CC(=O)Nc1ccc(NC(=O)[C@@H](C)Sc2nnc(-c3ccc(Cl)cc3)n2-c2ccc(C)cc2)cc1. The predicted molar refractivity (Wildman–Crippen MR) is 141 cm³/mol. The zero-order chi connectivity index (χ0) is 24.9. The molecule has 7 nitrogen and oxygen atoms in total. The number of aryl methyl sites for hydroxylation is 1. The standard InChI is InChI=1S/C26H24ClN5O2S/c1-16-4-14-23(15-5-16)32-24(19-6-8-20(27)9-7-19)30-31-26(32)35-17(2)25(34)29-22-12-10-21(11-13-22)28-18(3)33/h4-15,17H,1-3H3,(H,28,33)(H,29,34)/t17-/m1/s1. The molecule has 4 rings (SSSR count). The lowest BCUT2D eigenvalue weighted by Crippen LogP contribution is -2.23. The van der Waals surface area contributed by atoms with E-state index in [2.05, 4.69) is 20.8 Å². The average molecular weight is 506 g/mol. The van der Waals surface area contributed by atoms with E-state index in [9.17, 15) is 9.59 Å². The Balaban J connectivity index is 1.57. The molecule has 4 aromatic rings. The van der Waals surface area contributed by atoms with Crippen LogP contribution >= 0.6 is 23.4 Å². The maximum absolute atomic E-state index is 12.9. The zero-order valence-electron chi connectivity index (χ0n) is 19.4. The van der Waals surface area contributed by atoms with Crippen LogP contribution in [-0.2, 0) is 9.59 Å². The average Bonchev–Trinajstić information content (AvgIpc) is 3.24. The Labute approximate surface area is 212 Å². The van der Waals surface area contributed by atoms with Crippen molar-refractivity contribution in [1.29, 1.82) is 0 Å². The van der Waals surface area contributed by atoms with E-state index in [0.29, 0.717) is 27.4 Å². The zero-order valence-corrected chi connectivity index (χ0v) is 21.0. The fourth-order valence-corrected chi connectivity index (χ4v) is 4.35. The Morgan fingerprint density at radius 2 is 1.49 bits per heavy atom. The van der Waals surface area contributed by atoms with Crippen molar-refractivity contribution in [3.05, 3.63) is 83.4 Å². The Morgan fingerprint density at radius 1 is 0.886 bits per heavy atom. The summed E-state index contributed by atoms with van der Waals surface area (Å²) in [7, 11) is 0. The van der Waals surface area contributed by atoms with Crippen LogP contribution in [0.15, 0.2) is 78.0 Å². The Morgan fingerprint density at radius 3 is 2.09 bits per heavy atom. The van der Waals surface area contributed by atoms with E-state index in [1.54, 1.807) is 24.3 Å². The minimum absolute atomic E-state index is 0.150. The second-order valence-electron chi connectivity index (χ2n) is 7.99. The van der Waals surface area contributed by atoms with Crippen LogP contribution in [0.4, 0.5) is 11.4 Å². The smallest absolute Gasteiger partial charge is 0.237 e. The summed E-state index contributed by atoms with van der Waals surface area (Å²) in [5.74, 6) is 0.338. The van der Waals surface area contributed by atoms with Crippen molar-refractivity contribution in [1.82, 2.24) is 14.8 Å². The summed E-state index contributed by atoms with van der Waals surface area (Å²) in [6.07, 6.45) is 0. The molecular formula is C26H24ClN5O2S. The predicted octanol–water partition coefficient (Wildman–Crippen LogP) is 5.97. The van der Waals surface area contributed by atoms with Crippen LogP contribution in [0, 0.1) is 6.92 Å². The number of rotatable bonds is 7. The summed E-state index contributed by atoms with van der Waals surface area (Å²) in [4.78, 5) is 24.1. The van der Waals surface area contributed by atoms with Gasteiger partial charge in [0.2, 0.25) is 11.8 Å². The number of nitrogens with one attached hydrogen (secondary N) is 2. The number of nitrogens with zero attached hydrogens (tertiary/aromatic N) is 3. The maximum Gasteiger partial charge on any atom is 0.237 e. The number of amides is 2. The normalized spacial score (nSPS) is 11.7. The van der Waals surface area contributed by atoms with Crippen LogP contribution in [0.1, 0.15) is 19.4 Å². The molecule has 178 valence electrons. The molecule has 1 heterocycles. The molecule has 0 aliphatic carbocycles. The summed E-state index contributed by atoms with van der Waals surface area (Å²) in [6, 6.07) is 22.4. The monoisotopic (exact) mass is 505 g/mol. The largest absolute Gasteiger partial charge is 0.326 e. The summed E-state index contributed by atoms with van der Waals surface area (Å²) in [6.45, 7) is 5.30. The van der Waals surface area contributed by atoms with E-state index in [0.717, 1.165) is 16.8 Å². The second kappa shape index (κ2) is 10.8. The van der Waals surface area contributed by atoms with Crippen molar-refractivity contribution >= 4 is 46.6 Å². The summed E-state index contributed by atoms with van der Waals surface area (Å²) < 4.78 is 1.94. The first-order valence-corrected chi connectivity index (χ1v) is 12.2. The molecule has 35 heavy (non-hydrogen) atoms. The number of hydrogen-bond acceptors (Lipinski definition) is 5. The van der Waals surface area contributed by atoms with Crippen LogP contribution in [-0.4, -0.2) is 31.8 Å². The molecule has 1 atom stereocenters. The van der Waals surface area contributed by atoms with E-state index < -0.39 is 5.25 Å². The molecule has 3 aromatic carbocycles. The highest BCUT2D eigenvalue weighted by atomic mass is 35.5. The molecule has 0 aliphatic rings. The number of carbonyl (C=O) groups is 2. The fourth-order valence-electron chi connectivity index (χ4n) is 3.35. The highest BCUT2D eigenvalue weighted by Gasteiger charge is 2.22. The van der Waals surface area contributed by atoms with Gasteiger partial charge in [0.15, 0.2) is 11.0 Å². The molecule has 9 heteroatoms. The van der Waals surface area contributed by atoms with Crippen molar-refractivity contribution in [2.24, 2.45) is 0 Å². The molecule has 0 spiro atoms. The third-order valence-electron chi connectivity index (χ3n) is 5.15. The van der Waals surface area contributed by atoms with E-state index >= 15 is 0 Å². The second-order valence-corrected chi connectivity index (χ2v) is 9.74. The van der Waals surface area contributed by atoms with Crippen molar-refractivity contribution in [2.45, 2.75) is 31.2 Å². The van der Waals surface area contributed by atoms with Gasteiger partial charge in [-0.1, -0.05) is 41.1 Å². The van der Waals surface area contributed by atoms with Crippen molar-refractivity contribution < 1.29 is 9.59 Å².